The zero-order valence-electron chi connectivity index (χ0n) is 9.36. The Balaban J connectivity index is 2.43. The molecule has 2 nitrogen and oxygen atoms in total. The molecule has 2 rings (SSSR count). The largest absolute Gasteiger partial charge is 0.416 e. The van der Waals surface area contributed by atoms with E-state index in [0.29, 0.717) is 11.8 Å². The molecule has 1 aromatic carbocycles. The van der Waals surface area contributed by atoms with Crippen LogP contribution in [0.1, 0.15) is 11.1 Å². The van der Waals surface area contributed by atoms with E-state index in [-0.39, 0.29) is 0 Å². The van der Waals surface area contributed by atoms with Crippen molar-refractivity contribution in [1.29, 1.82) is 0 Å². The summed E-state index contributed by atoms with van der Waals surface area (Å²) in [7, 11) is 1.82. The van der Waals surface area contributed by atoms with Crippen molar-refractivity contribution >= 4 is 10.9 Å². The van der Waals surface area contributed by atoms with Gasteiger partial charge in [0.25, 0.3) is 0 Å². The van der Waals surface area contributed by atoms with Gasteiger partial charge in [-0.15, -0.1) is 0 Å². The summed E-state index contributed by atoms with van der Waals surface area (Å²) in [4.78, 5) is 2.98. The molecule has 0 fully saturated rings. The molecule has 0 radical (unpaired) electrons. The average Bonchev–Trinajstić information content (AvgIpc) is 2.67. The summed E-state index contributed by atoms with van der Waals surface area (Å²) < 4.78 is 37.7. The fourth-order valence-electron chi connectivity index (χ4n) is 1.82. The number of halogens is 3. The van der Waals surface area contributed by atoms with Gasteiger partial charge in [-0.2, -0.15) is 13.2 Å². The van der Waals surface area contributed by atoms with Gasteiger partial charge in [0, 0.05) is 17.1 Å². The molecular weight excluding hydrogens is 229 g/mol. The molecule has 0 saturated carbocycles. The molecule has 0 atom stereocenters. The summed E-state index contributed by atoms with van der Waals surface area (Å²) in [6.45, 7) is 0.739. The Kier molecular flexibility index (Phi) is 3.11. The van der Waals surface area contributed by atoms with E-state index in [1.807, 2.05) is 7.05 Å². The molecule has 17 heavy (non-hydrogen) atoms. The average molecular weight is 242 g/mol. The van der Waals surface area contributed by atoms with Gasteiger partial charge in [-0.1, -0.05) is 0 Å². The van der Waals surface area contributed by atoms with Gasteiger partial charge < -0.3 is 10.3 Å². The van der Waals surface area contributed by atoms with Crippen molar-refractivity contribution in [2.45, 2.75) is 12.6 Å². The summed E-state index contributed by atoms with van der Waals surface area (Å²) >= 11 is 0. The molecule has 0 aliphatic rings. The monoisotopic (exact) mass is 242 g/mol. The SMILES string of the molecule is CNCCc1c[nH]c2ccc(C(F)(F)F)cc12. The molecule has 2 N–H and O–H groups in total. The Morgan fingerprint density at radius 3 is 2.71 bits per heavy atom. The number of fused-ring (bicyclic) bond motifs is 1. The van der Waals surface area contributed by atoms with Crippen LogP contribution in [0.5, 0.6) is 0 Å². The summed E-state index contributed by atoms with van der Waals surface area (Å²) in [5, 5.41) is 3.63. The number of rotatable bonds is 3. The lowest BCUT2D eigenvalue weighted by Crippen LogP contribution is -2.10. The van der Waals surface area contributed by atoms with E-state index in [1.165, 1.54) is 12.1 Å². The highest BCUT2D eigenvalue weighted by Crippen LogP contribution is 2.32. The standard InChI is InChI=1S/C12H13F3N2/c1-16-5-4-8-7-17-11-3-2-9(6-10(8)11)12(13,14)15/h2-3,6-7,16-17H,4-5H2,1H3. The predicted octanol–water partition coefficient (Wildman–Crippen LogP) is 2.95. The van der Waals surface area contributed by atoms with E-state index < -0.39 is 11.7 Å². The second-order valence-electron chi connectivity index (χ2n) is 3.93. The van der Waals surface area contributed by atoms with Gasteiger partial charge in [-0.25, -0.2) is 0 Å². The fraction of sp³-hybridized carbons (Fsp3) is 0.333. The number of nitrogens with one attached hydrogen (secondary N) is 2. The lowest BCUT2D eigenvalue weighted by Gasteiger charge is -2.07. The van der Waals surface area contributed by atoms with Crippen molar-refractivity contribution in [2.24, 2.45) is 0 Å². The van der Waals surface area contributed by atoms with E-state index in [0.717, 1.165) is 23.7 Å². The Morgan fingerprint density at radius 2 is 2.06 bits per heavy atom. The number of alkyl halides is 3. The number of likely N-dealkylation sites (N-methyl/N-ethyl adjacent to an activating group) is 1. The lowest BCUT2D eigenvalue weighted by atomic mass is 10.1. The molecule has 0 aliphatic heterocycles. The van der Waals surface area contributed by atoms with Crippen LogP contribution in [0.15, 0.2) is 24.4 Å². The predicted molar refractivity (Wildman–Crippen MR) is 60.9 cm³/mol. The molecule has 0 aliphatic carbocycles. The van der Waals surface area contributed by atoms with Crippen molar-refractivity contribution in [3.8, 4) is 0 Å². The third-order valence-corrected chi connectivity index (χ3v) is 2.74. The minimum absolute atomic E-state index is 0.602. The summed E-state index contributed by atoms with van der Waals surface area (Å²) in [5.74, 6) is 0. The summed E-state index contributed by atoms with van der Waals surface area (Å²) in [6, 6.07) is 3.78. The van der Waals surface area contributed by atoms with Crippen molar-refractivity contribution < 1.29 is 13.2 Å². The number of benzene rings is 1. The first-order valence-corrected chi connectivity index (χ1v) is 5.34. The highest BCUT2D eigenvalue weighted by molar-refractivity contribution is 5.84. The van der Waals surface area contributed by atoms with Crippen LogP contribution >= 0.6 is 0 Å². The van der Waals surface area contributed by atoms with Crippen molar-refractivity contribution in [3.05, 3.63) is 35.5 Å². The summed E-state index contributed by atoms with van der Waals surface area (Å²) in [5.41, 5.74) is 1.04. The molecule has 0 saturated heterocycles. The van der Waals surface area contributed by atoms with Crippen LogP contribution < -0.4 is 5.32 Å². The van der Waals surface area contributed by atoms with E-state index in [4.69, 9.17) is 0 Å². The highest BCUT2D eigenvalue weighted by atomic mass is 19.4. The van der Waals surface area contributed by atoms with Gasteiger partial charge in [0.2, 0.25) is 0 Å². The number of hydrogen-bond acceptors (Lipinski definition) is 1. The van der Waals surface area contributed by atoms with E-state index in [9.17, 15) is 13.2 Å². The van der Waals surface area contributed by atoms with Crippen LogP contribution in [0.25, 0.3) is 10.9 Å². The molecule has 2 aromatic rings. The molecule has 0 unspecified atom stereocenters. The van der Waals surface area contributed by atoms with E-state index in [2.05, 4.69) is 10.3 Å². The van der Waals surface area contributed by atoms with Crippen molar-refractivity contribution in [3.63, 3.8) is 0 Å². The fourth-order valence-corrected chi connectivity index (χ4v) is 1.82. The Bertz CT molecular complexity index is 514. The molecule has 1 aromatic heterocycles. The molecule has 0 spiro atoms. The first-order valence-electron chi connectivity index (χ1n) is 5.34. The molecular formula is C12H13F3N2. The Hall–Kier alpha value is -1.49. The van der Waals surface area contributed by atoms with Crippen LogP contribution in [0.4, 0.5) is 13.2 Å². The molecule has 0 amide bonds. The number of aromatic nitrogens is 1. The molecule has 0 bridgehead atoms. The normalized spacial score (nSPS) is 12.2. The summed E-state index contributed by atoms with van der Waals surface area (Å²) in [6.07, 6.45) is -1.81. The maximum atomic E-state index is 12.6. The number of aromatic amines is 1. The number of hydrogen-bond donors (Lipinski definition) is 2. The van der Waals surface area contributed by atoms with Crippen LogP contribution in [0, 0.1) is 0 Å². The molecule has 1 heterocycles. The minimum Gasteiger partial charge on any atom is -0.361 e. The second-order valence-corrected chi connectivity index (χ2v) is 3.93. The van der Waals surface area contributed by atoms with Crippen LogP contribution in [0.2, 0.25) is 0 Å². The first kappa shape index (κ1) is 12.0. The van der Waals surface area contributed by atoms with Crippen molar-refractivity contribution in [2.75, 3.05) is 13.6 Å². The van der Waals surface area contributed by atoms with E-state index in [1.54, 1.807) is 6.20 Å². The Labute approximate surface area is 96.8 Å². The van der Waals surface area contributed by atoms with Crippen LogP contribution in [0.3, 0.4) is 0 Å². The minimum atomic E-state index is -4.29. The van der Waals surface area contributed by atoms with Gasteiger partial charge in [0.1, 0.15) is 0 Å². The maximum Gasteiger partial charge on any atom is 0.416 e. The van der Waals surface area contributed by atoms with Crippen LogP contribution in [-0.4, -0.2) is 18.6 Å². The van der Waals surface area contributed by atoms with Gasteiger partial charge in [0.15, 0.2) is 0 Å². The lowest BCUT2D eigenvalue weighted by molar-refractivity contribution is -0.137. The first-order chi connectivity index (χ1) is 8.02. The van der Waals surface area contributed by atoms with Gasteiger partial charge in [-0.05, 0) is 43.8 Å². The third-order valence-electron chi connectivity index (χ3n) is 2.74. The number of H-pyrrole nitrogens is 1. The highest BCUT2D eigenvalue weighted by Gasteiger charge is 2.30. The third kappa shape index (κ3) is 2.44. The maximum absolute atomic E-state index is 12.6. The molecule has 92 valence electrons. The van der Waals surface area contributed by atoms with Crippen molar-refractivity contribution in [1.82, 2.24) is 10.3 Å². The smallest absolute Gasteiger partial charge is 0.361 e. The quantitative estimate of drug-likeness (QED) is 0.850. The zero-order valence-corrected chi connectivity index (χ0v) is 9.36. The Morgan fingerprint density at radius 1 is 1.29 bits per heavy atom. The van der Waals surface area contributed by atoms with Gasteiger partial charge >= 0.3 is 6.18 Å². The zero-order chi connectivity index (χ0) is 12.5. The van der Waals surface area contributed by atoms with Gasteiger partial charge in [-0.3, -0.25) is 0 Å². The van der Waals surface area contributed by atoms with Crippen LogP contribution in [-0.2, 0) is 12.6 Å². The van der Waals surface area contributed by atoms with E-state index >= 15 is 0 Å². The molecule has 5 heteroatoms. The van der Waals surface area contributed by atoms with Gasteiger partial charge in [0.05, 0.1) is 5.56 Å². The second kappa shape index (κ2) is 4.41. The topological polar surface area (TPSA) is 27.8 Å².